The van der Waals surface area contributed by atoms with Crippen LogP contribution in [-0.4, -0.2) is 44.5 Å². The fraction of sp³-hybridized carbons (Fsp3) is 0.292. The molecule has 1 aliphatic rings. The Labute approximate surface area is 184 Å². The largest absolute Gasteiger partial charge is 0.354 e. The lowest BCUT2D eigenvalue weighted by Gasteiger charge is -2.35. The third-order valence-electron chi connectivity index (χ3n) is 5.60. The SMILES string of the molecule is CCc1ccc(S(=O)(=O)Nc2ccc(CN3CCN(c4ccccn4)CC3)cc2)cc1. The number of rotatable bonds is 7. The van der Waals surface area contributed by atoms with E-state index in [0.717, 1.165) is 50.5 Å². The van der Waals surface area contributed by atoms with Crippen LogP contribution in [-0.2, 0) is 23.0 Å². The third-order valence-corrected chi connectivity index (χ3v) is 7.00. The van der Waals surface area contributed by atoms with Crippen molar-refractivity contribution in [1.82, 2.24) is 9.88 Å². The van der Waals surface area contributed by atoms with E-state index in [9.17, 15) is 8.42 Å². The van der Waals surface area contributed by atoms with E-state index < -0.39 is 10.0 Å². The second kappa shape index (κ2) is 9.49. The fourth-order valence-corrected chi connectivity index (χ4v) is 4.79. The Hall–Kier alpha value is -2.90. The first-order chi connectivity index (χ1) is 15.0. The Morgan fingerprint density at radius 3 is 2.16 bits per heavy atom. The summed E-state index contributed by atoms with van der Waals surface area (Å²) in [6.07, 6.45) is 2.71. The molecule has 0 saturated carbocycles. The number of nitrogens with one attached hydrogen (secondary N) is 1. The van der Waals surface area contributed by atoms with Gasteiger partial charge in [-0.2, -0.15) is 0 Å². The monoisotopic (exact) mass is 436 g/mol. The molecule has 1 aliphatic heterocycles. The van der Waals surface area contributed by atoms with Crippen molar-refractivity contribution in [3.8, 4) is 0 Å². The molecule has 31 heavy (non-hydrogen) atoms. The number of aromatic nitrogens is 1. The number of hydrogen-bond acceptors (Lipinski definition) is 5. The van der Waals surface area contributed by atoms with Crippen LogP contribution in [0.15, 0.2) is 77.8 Å². The van der Waals surface area contributed by atoms with E-state index in [0.29, 0.717) is 5.69 Å². The number of nitrogens with zero attached hydrogens (tertiary/aromatic N) is 3. The lowest BCUT2D eigenvalue weighted by Crippen LogP contribution is -2.46. The van der Waals surface area contributed by atoms with E-state index in [1.807, 2.05) is 67.7 Å². The second-order valence-electron chi connectivity index (χ2n) is 7.75. The van der Waals surface area contributed by atoms with Crippen LogP contribution in [0.25, 0.3) is 0 Å². The molecule has 0 aliphatic carbocycles. The molecule has 7 heteroatoms. The average Bonchev–Trinajstić information content (AvgIpc) is 2.81. The zero-order chi connectivity index (χ0) is 21.7. The minimum atomic E-state index is -3.58. The number of hydrogen-bond donors (Lipinski definition) is 1. The zero-order valence-corrected chi connectivity index (χ0v) is 18.6. The molecule has 1 fully saturated rings. The van der Waals surface area contributed by atoms with Gasteiger partial charge in [-0.15, -0.1) is 0 Å². The van der Waals surface area contributed by atoms with Crippen molar-refractivity contribution >= 4 is 21.5 Å². The lowest BCUT2D eigenvalue weighted by atomic mass is 10.2. The molecular weight excluding hydrogens is 408 g/mol. The second-order valence-corrected chi connectivity index (χ2v) is 9.43. The first kappa shape index (κ1) is 21.3. The topological polar surface area (TPSA) is 65.5 Å². The number of aryl methyl sites for hydroxylation is 1. The normalized spacial score (nSPS) is 15.1. The Balaban J connectivity index is 1.32. The van der Waals surface area contributed by atoms with E-state index in [-0.39, 0.29) is 4.90 Å². The van der Waals surface area contributed by atoms with Gasteiger partial charge >= 0.3 is 0 Å². The van der Waals surface area contributed by atoms with Gasteiger partial charge in [0.25, 0.3) is 10.0 Å². The molecule has 1 saturated heterocycles. The van der Waals surface area contributed by atoms with Crippen molar-refractivity contribution < 1.29 is 8.42 Å². The molecule has 0 spiro atoms. The molecule has 2 aromatic carbocycles. The zero-order valence-electron chi connectivity index (χ0n) is 17.7. The Kier molecular flexibility index (Phi) is 6.53. The van der Waals surface area contributed by atoms with Gasteiger partial charge in [-0.1, -0.05) is 37.3 Å². The van der Waals surface area contributed by atoms with Crippen molar-refractivity contribution in [3.63, 3.8) is 0 Å². The highest BCUT2D eigenvalue weighted by Gasteiger charge is 2.18. The molecule has 1 aromatic heterocycles. The summed E-state index contributed by atoms with van der Waals surface area (Å²) in [6.45, 7) is 6.74. The number of pyridine rings is 1. The maximum absolute atomic E-state index is 12.6. The number of anilines is 2. The van der Waals surface area contributed by atoms with Crippen molar-refractivity contribution in [1.29, 1.82) is 0 Å². The van der Waals surface area contributed by atoms with Gasteiger partial charge < -0.3 is 4.90 Å². The standard InChI is InChI=1S/C24H28N4O2S/c1-2-20-8-12-23(13-9-20)31(29,30)26-22-10-6-21(7-11-22)19-27-15-17-28(18-16-27)24-5-3-4-14-25-24/h3-14,26H,2,15-19H2,1H3. The van der Waals surface area contributed by atoms with Gasteiger partial charge in [0.1, 0.15) is 5.82 Å². The van der Waals surface area contributed by atoms with Crippen LogP contribution < -0.4 is 9.62 Å². The Bertz CT molecular complexity index is 1080. The molecule has 6 nitrogen and oxygen atoms in total. The fourth-order valence-electron chi connectivity index (χ4n) is 3.73. The highest BCUT2D eigenvalue weighted by Crippen LogP contribution is 2.19. The predicted octanol–water partition coefficient (Wildman–Crippen LogP) is 3.77. The average molecular weight is 437 g/mol. The number of benzene rings is 2. The van der Waals surface area contributed by atoms with Gasteiger partial charge in [0, 0.05) is 44.6 Å². The molecule has 1 N–H and O–H groups in total. The summed E-state index contributed by atoms with van der Waals surface area (Å²) >= 11 is 0. The first-order valence-corrected chi connectivity index (χ1v) is 12.1. The van der Waals surface area contributed by atoms with E-state index in [1.54, 1.807) is 12.1 Å². The molecule has 3 aromatic rings. The van der Waals surface area contributed by atoms with Crippen molar-refractivity contribution in [2.75, 3.05) is 35.8 Å². The van der Waals surface area contributed by atoms with Crippen LogP contribution in [0, 0.1) is 0 Å². The smallest absolute Gasteiger partial charge is 0.261 e. The summed E-state index contributed by atoms with van der Waals surface area (Å²) in [5.41, 5.74) is 2.86. The van der Waals surface area contributed by atoms with Gasteiger partial charge in [0.2, 0.25) is 0 Å². The molecule has 0 atom stereocenters. The molecule has 2 heterocycles. The van der Waals surface area contributed by atoms with E-state index in [4.69, 9.17) is 0 Å². The Morgan fingerprint density at radius 1 is 0.871 bits per heavy atom. The van der Waals surface area contributed by atoms with Crippen molar-refractivity contribution in [2.24, 2.45) is 0 Å². The summed E-state index contributed by atoms with van der Waals surface area (Å²) in [6, 6.07) is 20.7. The summed E-state index contributed by atoms with van der Waals surface area (Å²) in [4.78, 5) is 9.43. The van der Waals surface area contributed by atoms with Crippen LogP contribution in [0.5, 0.6) is 0 Å². The molecule has 0 radical (unpaired) electrons. The summed E-state index contributed by atoms with van der Waals surface area (Å²) in [5, 5.41) is 0. The van der Waals surface area contributed by atoms with Gasteiger partial charge in [-0.05, 0) is 53.9 Å². The third kappa shape index (κ3) is 5.42. The number of piperazine rings is 1. The highest BCUT2D eigenvalue weighted by molar-refractivity contribution is 7.92. The maximum Gasteiger partial charge on any atom is 0.261 e. The van der Waals surface area contributed by atoms with Crippen molar-refractivity contribution in [2.45, 2.75) is 24.8 Å². The summed E-state index contributed by atoms with van der Waals surface area (Å²) in [7, 11) is -3.58. The minimum Gasteiger partial charge on any atom is -0.354 e. The van der Waals surface area contributed by atoms with Crippen molar-refractivity contribution in [3.05, 3.63) is 84.1 Å². The van der Waals surface area contributed by atoms with Crippen LogP contribution >= 0.6 is 0 Å². The Morgan fingerprint density at radius 2 is 1.55 bits per heavy atom. The molecule has 162 valence electrons. The summed E-state index contributed by atoms with van der Waals surface area (Å²) < 4.78 is 27.9. The minimum absolute atomic E-state index is 0.277. The van der Waals surface area contributed by atoms with E-state index in [1.165, 1.54) is 5.56 Å². The van der Waals surface area contributed by atoms with Gasteiger partial charge in [0.15, 0.2) is 0 Å². The highest BCUT2D eigenvalue weighted by atomic mass is 32.2. The molecule has 0 unspecified atom stereocenters. The van der Waals surface area contributed by atoms with Crippen LogP contribution in [0.3, 0.4) is 0 Å². The number of sulfonamides is 1. The lowest BCUT2D eigenvalue weighted by molar-refractivity contribution is 0.249. The molecule has 0 amide bonds. The van der Waals surface area contributed by atoms with Crippen LogP contribution in [0.1, 0.15) is 18.1 Å². The first-order valence-electron chi connectivity index (χ1n) is 10.6. The predicted molar refractivity (Wildman–Crippen MR) is 125 cm³/mol. The van der Waals surface area contributed by atoms with E-state index >= 15 is 0 Å². The summed E-state index contributed by atoms with van der Waals surface area (Å²) in [5.74, 6) is 1.03. The quantitative estimate of drug-likeness (QED) is 0.611. The van der Waals surface area contributed by atoms with Crippen LogP contribution in [0.4, 0.5) is 11.5 Å². The van der Waals surface area contributed by atoms with Gasteiger partial charge in [0.05, 0.1) is 4.90 Å². The molecule has 0 bridgehead atoms. The maximum atomic E-state index is 12.6. The van der Waals surface area contributed by atoms with Gasteiger partial charge in [-0.3, -0.25) is 9.62 Å². The molecular formula is C24H28N4O2S. The van der Waals surface area contributed by atoms with Gasteiger partial charge in [-0.25, -0.2) is 13.4 Å². The van der Waals surface area contributed by atoms with E-state index in [2.05, 4.69) is 19.5 Å². The molecule has 4 rings (SSSR count). The van der Waals surface area contributed by atoms with Crippen LogP contribution in [0.2, 0.25) is 0 Å².